The molecule has 17 heavy (non-hydrogen) atoms. The van der Waals surface area contributed by atoms with Crippen LogP contribution in [-0.2, 0) is 11.2 Å². The van der Waals surface area contributed by atoms with E-state index in [-0.39, 0.29) is 6.42 Å². The molecule has 0 aliphatic rings. The van der Waals surface area contributed by atoms with Gasteiger partial charge in [-0.3, -0.25) is 4.79 Å². The number of primary amides is 1. The van der Waals surface area contributed by atoms with Crippen LogP contribution in [0.1, 0.15) is 11.1 Å². The number of aryl methyl sites for hydroxylation is 1. The van der Waals surface area contributed by atoms with Gasteiger partial charge in [-0.1, -0.05) is 18.2 Å². The predicted octanol–water partition coefficient (Wildman–Crippen LogP) is 0.698. The summed E-state index contributed by atoms with van der Waals surface area (Å²) in [7, 11) is 1.52. The Morgan fingerprint density at radius 2 is 2.18 bits per heavy atom. The molecule has 4 N–H and O–H groups in total. The van der Waals surface area contributed by atoms with Gasteiger partial charge in [-0.2, -0.15) is 0 Å². The van der Waals surface area contributed by atoms with Crippen LogP contribution in [0, 0.1) is 6.92 Å². The Labute approximate surface area is 99.7 Å². The van der Waals surface area contributed by atoms with Crippen molar-refractivity contribution in [1.29, 1.82) is 0 Å². The molecule has 1 atom stereocenters. The zero-order chi connectivity index (χ0) is 13.1. The highest BCUT2D eigenvalue weighted by Crippen LogP contribution is 2.26. The first-order valence-electron chi connectivity index (χ1n) is 5.22. The third-order valence-electron chi connectivity index (χ3n) is 2.73. The van der Waals surface area contributed by atoms with Gasteiger partial charge in [-0.15, -0.1) is 0 Å². The van der Waals surface area contributed by atoms with Crippen LogP contribution in [0.15, 0.2) is 18.2 Å². The Balaban J connectivity index is 3.10. The zero-order valence-electron chi connectivity index (χ0n) is 10.00. The molecule has 0 aromatic heterocycles. The van der Waals surface area contributed by atoms with Crippen LogP contribution in [0.4, 0.5) is 4.39 Å². The van der Waals surface area contributed by atoms with Crippen molar-refractivity contribution in [2.45, 2.75) is 18.9 Å². The number of methoxy groups -OCH3 is 1. The van der Waals surface area contributed by atoms with Gasteiger partial charge < -0.3 is 16.2 Å². The van der Waals surface area contributed by atoms with E-state index in [9.17, 15) is 9.18 Å². The Kier molecular flexibility index (Phi) is 4.07. The van der Waals surface area contributed by atoms with E-state index in [0.717, 1.165) is 5.56 Å². The smallest absolute Gasteiger partial charge is 0.240 e. The molecule has 1 unspecified atom stereocenters. The number of halogens is 1. The van der Waals surface area contributed by atoms with Gasteiger partial charge in [0.05, 0.1) is 7.11 Å². The fourth-order valence-corrected chi connectivity index (χ4v) is 1.68. The standard InChI is InChI=1S/C12H17FN2O2/c1-8-4-3-5-9(10(8)17-2)6-12(15,7-13)11(14)16/h3-5H,6-7,15H2,1-2H3,(H2,14,16). The molecule has 5 heteroatoms. The van der Waals surface area contributed by atoms with Crippen LogP contribution in [0.25, 0.3) is 0 Å². The monoisotopic (exact) mass is 240 g/mol. The highest BCUT2D eigenvalue weighted by atomic mass is 19.1. The summed E-state index contributed by atoms with van der Waals surface area (Å²) in [6, 6.07) is 5.40. The van der Waals surface area contributed by atoms with Crippen molar-refractivity contribution in [3.8, 4) is 5.75 Å². The molecule has 4 nitrogen and oxygen atoms in total. The second kappa shape index (κ2) is 5.14. The minimum Gasteiger partial charge on any atom is -0.496 e. The second-order valence-corrected chi connectivity index (χ2v) is 4.10. The van der Waals surface area contributed by atoms with Crippen LogP contribution < -0.4 is 16.2 Å². The lowest BCUT2D eigenvalue weighted by molar-refractivity contribution is -0.123. The first-order chi connectivity index (χ1) is 7.94. The summed E-state index contributed by atoms with van der Waals surface area (Å²) in [6.07, 6.45) is 0.0175. The molecule has 0 saturated heterocycles. The minimum absolute atomic E-state index is 0.0175. The Morgan fingerprint density at radius 1 is 1.53 bits per heavy atom. The van der Waals surface area contributed by atoms with E-state index >= 15 is 0 Å². The molecule has 1 rings (SSSR count). The van der Waals surface area contributed by atoms with E-state index in [0.29, 0.717) is 11.3 Å². The average molecular weight is 240 g/mol. The maximum Gasteiger partial charge on any atom is 0.240 e. The highest BCUT2D eigenvalue weighted by molar-refractivity contribution is 5.85. The van der Waals surface area contributed by atoms with Crippen LogP contribution in [0.5, 0.6) is 5.75 Å². The summed E-state index contributed by atoms with van der Waals surface area (Å²) < 4.78 is 18.1. The summed E-state index contributed by atoms with van der Waals surface area (Å²) in [4.78, 5) is 11.2. The Bertz CT molecular complexity index is 423. The van der Waals surface area contributed by atoms with E-state index in [2.05, 4.69) is 0 Å². The number of para-hydroxylation sites is 1. The normalized spacial score (nSPS) is 14.1. The molecule has 0 saturated carbocycles. The molecule has 0 spiro atoms. The molecule has 94 valence electrons. The Morgan fingerprint density at radius 3 is 2.65 bits per heavy atom. The van der Waals surface area contributed by atoms with Gasteiger partial charge in [-0.05, 0) is 18.1 Å². The lowest BCUT2D eigenvalue weighted by Crippen LogP contribution is -2.55. The van der Waals surface area contributed by atoms with Crippen molar-refractivity contribution in [2.24, 2.45) is 11.5 Å². The maximum absolute atomic E-state index is 12.8. The third kappa shape index (κ3) is 2.74. The fraction of sp³-hybridized carbons (Fsp3) is 0.417. The summed E-state index contributed by atoms with van der Waals surface area (Å²) in [5.74, 6) is -0.249. The molecule has 0 radical (unpaired) electrons. The van der Waals surface area contributed by atoms with E-state index in [4.69, 9.17) is 16.2 Å². The van der Waals surface area contributed by atoms with Crippen molar-refractivity contribution in [2.75, 3.05) is 13.8 Å². The van der Waals surface area contributed by atoms with Gasteiger partial charge >= 0.3 is 0 Å². The van der Waals surface area contributed by atoms with E-state index in [1.165, 1.54) is 7.11 Å². The minimum atomic E-state index is -1.68. The molecule has 1 aromatic carbocycles. The number of rotatable bonds is 5. The number of alkyl halides is 1. The molecule has 1 aromatic rings. The zero-order valence-corrected chi connectivity index (χ0v) is 10.00. The van der Waals surface area contributed by atoms with Gasteiger partial charge in [0, 0.05) is 6.42 Å². The highest BCUT2D eigenvalue weighted by Gasteiger charge is 2.33. The fourth-order valence-electron chi connectivity index (χ4n) is 1.68. The second-order valence-electron chi connectivity index (χ2n) is 4.10. The van der Waals surface area contributed by atoms with Crippen LogP contribution in [0.2, 0.25) is 0 Å². The quantitative estimate of drug-likeness (QED) is 0.795. The third-order valence-corrected chi connectivity index (χ3v) is 2.73. The van der Waals surface area contributed by atoms with Crippen LogP contribution in [-0.4, -0.2) is 25.2 Å². The molecular formula is C12H17FN2O2. The number of amides is 1. The van der Waals surface area contributed by atoms with E-state index in [1.54, 1.807) is 12.1 Å². The van der Waals surface area contributed by atoms with Crippen LogP contribution >= 0.6 is 0 Å². The molecule has 0 aliphatic heterocycles. The van der Waals surface area contributed by atoms with Crippen LogP contribution in [0.3, 0.4) is 0 Å². The maximum atomic E-state index is 12.8. The predicted molar refractivity (Wildman–Crippen MR) is 63.5 cm³/mol. The molecule has 0 heterocycles. The van der Waals surface area contributed by atoms with Crippen molar-refractivity contribution in [3.63, 3.8) is 0 Å². The first-order valence-corrected chi connectivity index (χ1v) is 5.22. The van der Waals surface area contributed by atoms with Gasteiger partial charge in [0.2, 0.25) is 5.91 Å². The number of carbonyl (C=O) groups excluding carboxylic acids is 1. The number of hydrogen-bond donors (Lipinski definition) is 2. The molecule has 0 aliphatic carbocycles. The Hall–Kier alpha value is -1.62. The van der Waals surface area contributed by atoms with Gasteiger partial charge in [-0.25, -0.2) is 4.39 Å². The average Bonchev–Trinajstić information content (AvgIpc) is 2.29. The topological polar surface area (TPSA) is 78.3 Å². The van der Waals surface area contributed by atoms with Crippen molar-refractivity contribution in [1.82, 2.24) is 0 Å². The largest absolute Gasteiger partial charge is 0.496 e. The molecular weight excluding hydrogens is 223 g/mol. The summed E-state index contributed by atoms with van der Waals surface area (Å²) >= 11 is 0. The van der Waals surface area contributed by atoms with Crippen molar-refractivity contribution >= 4 is 5.91 Å². The molecule has 0 bridgehead atoms. The number of nitrogens with two attached hydrogens (primary N) is 2. The van der Waals surface area contributed by atoms with Gasteiger partial charge in [0.25, 0.3) is 0 Å². The van der Waals surface area contributed by atoms with E-state index < -0.39 is 18.1 Å². The lowest BCUT2D eigenvalue weighted by Gasteiger charge is -2.23. The number of carbonyl (C=O) groups is 1. The molecule has 0 fully saturated rings. The summed E-state index contributed by atoms with van der Waals surface area (Å²) in [5.41, 5.74) is 10.6. The van der Waals surface area contributed by atoms with Crippen molar-refractivity contribution in [3.05, 3.63) is 29.3 Å². The molecule has 1 amide bonds. The number of ether oxygens (including phenoxy) is 1. The lowest BCUT2D eigenvalue weighted by atomic mass is 9.91. The summed E-state index contributed by atoms with van der Waals surface area (Å²) in [6.45, 7) is 0.861. The van der Waals surface area contributed by atoms with E-state index in [1.807, 2.05) is 13.0 Å². The summed E-state index contributed by atoms with van der Waals surface area (Å²) in [5, 5.41) is 0. The number of hydrogen-bond acceptors (Lipinski definition) is 3. The SMILES string of the molecule is COc1c(C)cccc1CC(N)(CF)C(N)=O. The number of benzene rings is 1. The van der Waals surface area contributed by atoms with Crippen molar-refractivity contribution < 1.29 is 13.9 Å². The first kappa shape index (κ1) is 13.4. The van der Waals surface area contributed by atoms with Gasteiger partial charge in [0.15, 0.2) is 0 Å². The van der Waals surface area contributed by atoms with Gasteiger partial charge in [0.1, 0.15) is 18.0 Å².